The highest BCUT2D eigenvalue weighted by Crippen LogP contribution is 2.21. The lowest BCUT2D eigenvalue weighted by atomic mass is 10.1. The van der Waals surface area contributed by atoms with Gasteiger partial charge in [-0.25, -0.2) is 0 Å². The van der Waals surface area contributed by atoms with Crippen molar-refractivity contribution in [3.63, 3.8) is 0 Å². The molecular formula is C7H14N2. The van der Waals surface area contributed by atoms with E-state index in [0.29, 0.717) is 6.04 Å². The van der Waals surface area contributed by atoms with Gasteiger partial charge in [0.25, 0.3) is 0 Å². The minimum absolute atomic E-state index is 0.609. The molecule has 0 aromatic carbocycles. The topological polar surface area (TPSA) is 15.6 Å². The van der Waals surface area contributed by atoms with Crippen LogP contribution in [0.2, 0.25) is 0 Å². The molecule has 0 aromatic heterocycles. The van der Waals surface area contributed by atoms with Gasteiger partial charge in [-0.1, -0.05) is 6.92 Å². The van der Waals surface area contributed by atoms with Crippen molar-refractivity contribution in [2.75, 3.05) is 6.54 Å². The smallest absolute Gasteiger partial charge is 0.0445 e. The van der Waals surface area contributed by atoms with E-state index in [1.165, 1.54) is 6.42 Å². The summed E-state index contributed by atoms with van der Waals surface area (Å²) in [7, 11) is 0. The van der Waals surface area contributed by atoms with Gasteiger partial charge >= 0.3 is 0 Å². The van der Waals surface area contributed by atoms with Crippen LogP contribution in [0.15, 0.2) is 5.10 Å². The summed E-state index contributed by atoms with van der Waals surface area (Å²) in [4.78, 5) is 0. The first-order valence-corrected chi connectivity index (χ1v) is 3.47. The zero-order valence-electron chi connectivity index (χ0n) is 6.17. The van der Waals surface area contributed by atoms with E-state index in [-0.39, 0.29) is 0 Å². The van der Waals surface area contributed by atoms with Gasteiger partial charge in [0.15, 0.2) is 0 Å². The summed E-state index contributed by atoms with van der Waals surface area (Å²) in [6.07, 6.45) is 1.26. The molecule has 1 aliphatic heterocycles. The van der Waals surface area contributed by atoms with E-state index in [4.69, 9.17) is 0 Å². The maximum absolute atomic E-state index is 3.90. The molecule has 2 nitrogen and oxygen atoms in total. The number of rotatable bonds is 1. The molecule has 1 saturated heterocycles. The molecule has 2 heteroatoms. The second-order valence-electron chi connectivity index (χ2n) is 2.95. The molecule has 0 aromatic rings. The molecule has 0 bridgehead atoms. The molecule has 0 N–H and O–H groups in total. The molecule has 2 atom stereocenters. The standard InChI is InChI=1S/C7H14N2/c1-6-4-7(2)9(5-6)8-3/h6-7H,3-5H2,1-2H3/t6?,7-/m1/s1. The van der Waals surface area contributed by atoms with E-state index in [1.54, 1.807) is 0 Å². The largest absolute Gasteiger partial charge is 0.295 e. The summed E-state index contributed by atoms with van der Waals surface area (Å²) in [6.45, 7) is 9.04. The maximum Gasteiger partial charge on any atom is 0.0445 e. The average molecular weight is 126 g/mol. The van der Waals surface area contributed by atoms with Crippen LogP contribution in [0.5, 0.6) is 0 Å². The Morgan fingerprint density at radius 2 is 2.22 bits per heavy atom. The van der Waals surface area contributed by atoms with E-state index < -0.39 is 0 Å². The fraction of sp³-hybridized carbons (Fsp3) is 0.857. The first-order chi connectivity index (χ1) is 4.24. The summed E-state index contributed by atoms with van der Waals surface area (Å²) >= 11 is 0. The number of hydrogen-bond donors (Lipinski definition) is 0. The summed E-state index contributed by atoms with van der Waals surface area (Å²) in [5.74, 6) is 0.797. The van der Waals surface area contributed by atoms with E-state index in [9.17, 15) is 0 Å². The molecule has 0 amide bonds. The Labute approximate surface area is 56.5 Å². The van der Waals surface area contributed by atoms with E-state index in [2.05, 4.69) is 30.7 Å². The summed E-state index contributed by atoms with van der Waals surface area (Å²) in [5.41, 5.74) is 0. The van der Waals surface area contributed by atoms with Gasteiger partial charge in [0.1, 0.15) is 0 Å². The Kier molecular flexibility index (Phi) is 1.74. The molecule has 52 valence electrons. The quantitative estimate of drug-likeness (QED) is 0.484. The second kappa shape index (κ2) is 2.38. The van der Waals surface area contributed by atoms with Crippen molar-refractivity contribution in [1.29, 1.82) is 0 Å². The van der Waals surface area contributed by atoms with Crippen molar-refractivity contribution in [1.82, 2.24) is 5.01 Å². The molecule has 1 heterocycles. The Balaban J connectivity index is 2.47. The van der Waals surface area contributed by atoms with Gasteiger partial charge in [0.05, 0.1) is 0 Å². The van der Waals surface area contributed by atoms with Gasteiger partial charge in [-0.15, -0.1) is 0 Å². The highest BCUT2D eigenvalue weighted by Gasteiger charge is 2.23. The maximum atomic E-state index is 3.90. The van der Waals surface area contributed by atoms with E-state index >= 15 is 0 Å². The van der Waals surface area contributed by atoms with Crippen LogP contribution in [0.25, 0.3) is 0 Å². The lowest BCUT2D eigenvalue weighted by Crippen LogP contribution is -2.19. The van der Waals surface area contributed by atoms with E-state index in [0.717, 1.165) is 12.5 Å². The first-order valence-electron chi connectivity index (χ1n) is 3.47. The number of hydrazone groups is 1. The Morgan fingerprint density at radius 1 is 1.56 bits per heavy atom. The fourth-order valence-electron chi connectivity index (χ4n) is 1.47. The van der Waals surface area contributed by atoms with Gasteiger partial charge in [0.2, 0.25) is 0 Å². The number of hydrogen-bond acceptors (Lipinski definition) is 2. The molecule has 0 spiro atoms. The summed E-state index contributed by atoms with van der Waals surface area (Å²) in [6, 6.07) is 0.609. The molecule has 1 fully saturated rings. The second-order valence-corrected chi connectivity index (χ2v) is 2.95. The third-order valence-electron chi connectivity index (χ3n) is 1.93. The van der Waals surface area contributed by atoms with Crippen molar-refractivity contribution in [3.05, 3.63) is 0 Å². The van der Waals surface area contributed by atoms with Crippen molar-refractivity contribution >= 4 is 6.72 Å². The minimum Gasteiger partial charge on any atom is -0.295 e. The third kappa shape index (κ3) is 1.23. The van der Waals surface area contributed by atoms with E-state index in [1.807, 2.05) is 0 Å². The van der Waals surface area contributed by atoms with Crippen molar-refractivity contribution in [2.24, 2.45) is 11.0 Å². The monoisotopic (exact) mass is 126 g/mol. The van der Waals surface area contributed by atoms with Crippen LogP contribution in [0.3, 0.4) is 0 Å². The predicted molar refractivity (Wildman–Crippen MR) is 39.5 cm³/mol. The zero-order valence-corrected chi connectivity index (χ0v) is 6.17. The van der Waals surface area contributed by atoms with Gasteiger partial charge < -0.3 is 0 Å². The average Bonchev–Trinajstić information content (AvgIpc) is 2.10. The van der Waals surface area contributed by atoms with Gasteiger partial charge in [-0.3, -0.25) is 5.01 Å². The van der Waals surface area contributed by atoms with Crippen LogP contribution in [-0.4, -0.2) is 24.3 Å². The van der Waals surface area contributed by atoms with Gasteiger partial charge in [-0.2, -0.15) is 5.10 Å². The molecule has 0 radical (unpaired) electrons. The van der Waals surface area contributed by atoms with Crippen LogP contribution in [-0.2, 0) is 0 Å². The minimum atomic E-state index is 0.609. The number of nitrogens with zero attached hydrogens (tertiary/aromatic N) is 2. The lowest BCUT2D eigenvalue weighted by Gasteiger charge is -2.15. The van der Waals surface area contributed by atoms with Gasteiger partial charge in [0, 0.05) is 19.3 Å². The molecule has 0 aliphatic carbocycles. The molecule has 1 rings (SSSR count). The Morgan fingerprint density at radius 3 is 2.44 bits per heavy atom. The van der Waals surface area contributed by atoms with Crippen LogP contribution >= 0.6 is 0 Å². The molecule has 1 unspecified atom stereocenters. The predicted octanol–water partition coefficient (Wildman–Crippen LogP) is 1.33. The van der Waals surface area contributed by atoms with Crippen LogP contribution in [0, 0.1) is 5.92 Å². The summed E-state index contributed by atoms with van der Waals surface area (Å²) < 4.78 is 0. The van der Waals surface area contributed by atoms with Crippen LogP contribution in [0.4, 0.5) is 0 Å². The Hall–Kier alpha value is -0.530. The molecule has 0 saturated carbocycles. The molecular weight excluding hydrogens is 112 g/mol. The molecule has 9 heavy (non-hydrogen) atoms. The van der Waals surface area contributed by atoms with Crippen molar-refractivity contribution in [3.8, 4) is 0 Å². The normalized spacial score (nSPS) is 35.1. The SMILES string of the molecule is C=NN1CC(C)C[C@H]1C. The van der Waals surface area contributed by atoms with Crippen molar-refractivity contribution < 1.29 is 0 Å². The highest BCUT2D eigenvalue weighted by atomic mass is 15.5. The third-order valence-corrected chi connectivity index (χ3v) is 1.93. The zero-order chi connectivity index (χ0) is 6.85. The van der Waals surface area contributed by atoms with Crippen molar-refractivity contribution in [2.45, 2.75) is 26.3 Å². The fourth-order valence-corrected chi connectivity index (χ4v) is 1.47. The van der Waals surface area contributed by atoms with Crippen LogP contribution in [0.1, 0.15) is 20.3 Å². The van der Waals surface area contributed by atoms with Gasteiger partial charge in [-0.05, 0) is 19.3 Å². The first kappa shape index (κ1) is 6.59. The van der Waals surface area contributed by atoms with Crippen LogP contribution < -0.4 is 0 Å². The molecule has 1 aliphatic rings. The lowest BCUT2D eigenvalue weighted by molar-refractivity contribution is 0.282. The highest BCUT2D eigenvalue weighted by molar-refractivity contribution is 5.22. The Bertz CT molecular complexity index is 111. The summed E-state index contributed by atoms with van der Waals surface area (Å²) in [5, 5.41) is 5.96.